The van der Waals surface area contributed by atoms with Crippen molar-refractivity contribution in [3.05, 3.63) is 12.8 Å². The molecule has 0 fully saturated rings. The maximum atomic E-state index is 9.98. The predicted octanol–water partition coefficient (Wildman–Crippen LogP) is -0.143. The molecular formula is C15H26O6Ti. The van der Waals surface area contributed by atoms with Crippen LogP contribution in [-0.2, 0) is 40.9 Å². The monoisotopic (exact) mass is 350 g/mol. The molecule has 0 N–H and O–H groups in total. The van der Waals surface area contributed by atoms with E-state index in [1.54, 1.807) is 20.8 Å². The normalized spacial score (nSPS) is 7.36. The second-order valence-electron chi connectivity index (χ2n) is 4.07. The molecule has 126 valence electrons. The van der Waals surface area contributed by atoms with Crippen molar-refractivity contribution >= 4 is 23.1 Å². The van der Waals surface area contributed by atoms with Gasteiger partial charge in [-0.15, -0.1) is 12.7 Å². The van der Waals surface area contributed by atoms with Crippen LogP contribution >= 0.6 is 0 Å². The molecule has 0 aromatic carbocycles. The van der Waals surface area contributed by atoms with Crippen molar-refractivity contribution < 1.29 is 51.1 Å². The first-order valence-electron chi connectivity index (χ1n) is 6.36. The van der Waals surface area contributed by atoms with Crippen LogP contribution in [0.15, 0.2) is 0 Å². The number of hydrogen-bond acceptors (Lipinski definition) is 6. The molecule has 0 aromatic heterocycles. The van der Waals surface area contributed by atoms with Crippen molar-refractivity contribution in [2.45, 2.75) is 54.6 Å². The van der Waals surface area contributed by atoms with Gasteiger partial charge in [-0.1, -0.05) is 20.8 Å². The van der Waals surface area contributed by atoms with Crippen LogP contribution in [0.5, 0.6) is 0 Å². The minimum atomic E-state index is -0.417. The van der Waals surface area contributed by atoms with Crippen molar-refractivity contribution in [3.63, 3.8) is 0 Å². The van der Waals surface area contributed by atoms with Gasteiger partial charge in [-0.25, -0.2) is 0 Å². The minimum absolute atomic E-state index is 0. The molecule has 0 aliphatic rings. The van der Waals surface area contributed by atoms with Gasteiger partial charge in [-0.3, -0.25) is 12.8 Å². The number of hydrogen-bond donors (Lipinski definition) is 0. The summed E-state index contributed by atoms with van der Waals surface area (Å²) in [7, 11) is 0. The molecule has 0 unspecified atom stereocenters. The predicted molar refractivity (Wildman–Crippen MR) is 77.0 cm³/mol. The van der Waals surface area contributed by atoms with Crippen LogP contribution in [0.2, 0.25) is 0 Å². The van der Waals surface area contributed by atoms with Crippen molar-refractivity contribution in [3.8, 4) is 0 Å². The molecule has 0 radical (unpaired) electrons. The van der Waals surface area contributed by atoms with Crippen LogP contribution < -0.4 is 10.2 Å². The molecule has 0 saturated carbocycles. The minimum Gasteiger partial charge on any atom is -0.855 e. The van der Waals surface area contributed by atoms with E-state index in [2.05, 4.69) is 0 Å². The summed E-state index contributed by atoms with van der Waals surface area (Å²) in [6.07, 6.45) is 1.69. The number of Topliss-reactive ketones (excluding diaryl/α,β-unsaturated/α-hetero) is 4. The summed E-state index contributed by atoms with van der Waals surface area (Å²) in [6.45, 7) is 10.2. The molecule has 6 nitrogen and oxygen atoms in total. The molecule has 22 heavy (non-hydrogen) atoms. The van der Waals surface area contributed by atoms with E-state index in [1.807, 2.05) is 0 Å². The third kappa shape index (κ3) is 125. The summed E-state index contributed by atoms with van der Waals surface area (Å²) in [6, 6.07) is 0. The second-order valence-corrected chi connectivity index (χ2v) is 4.07. The van der Waals surface area contributed by atoms with Gasteiger partial charge in [0.2, 0.25) is 0 Å². The van der Waals surface area contributed by atoms with E-state index in [1.165, 1.54) is 27.7 Å². The summed E-state index contributed by atoms with van der Waals surface area (Å²) in [5, 5.41) is 18.5. The maximum Gasteiger partial charge on any atom is 4.00 e. The Morgan fingerprint density at radius 2 is 0.909 bits per heavy atom. The van der Waals surface area contributed by atoms with Crippen LogP contribution in [0.4, 0.5) is 0 Å². The first kappa shape index (κ1) is 32.9. The number of rotatable bonds is 4. The zero-order chi connectivity index (χ0) is 18.0. The molecule has 0 aromatic rings. The molecule has 7 heteroatoms. The molecule has 0 aliphatic heterocycles. The van der Waals surface area contributed by atoms with Gasteiger partial charge in [0, 0.05) is 23.1 Å². The van der Waals surface area contributed by atoms with Gasteiger partial charge in [0.1, 0.15) is 0 Å². The Kier molecular flexibility index (Phi) is 37.4. The molecule has 0 aliphatic carbocycles. The average molecular weight is 350 g/mol. The Bertz CT molecular complexity index is 248. The molecule has 0 rings (SSSR count). The maximum absolute atomic E-state index is 9.98. The van der Waals surface area contributed by atoms with Crippen LogP contribution in [0.25, 0.3) is 0 Å². The quantitative estimate of drug-likeness (QED) is 0.396. The molecule has 0 heterocycles. The van der Waals surface area contributed by atoms with E-state index in [0.29, 0.717) is 0 Å². The average Bonchev–Trinajstić information content (AvgIpc) is 2.12. The Labute approximate surface area is 148 Å². The first-order valence-corrected chi connectivity index (χ1v) is 6.36. The molecule has 0 bridgehead atoms. The topological polar surface area (TPSA) is 114 Å². The Morgan fingerprint density at radius 3 is 0.909 bits per heavy atom. The Balaban J connectivity index is -0.0000000607. The van der Waals surface area contributed by atoms with Gasteiger partial charge in [-0.05, 0) is 27.7 Å². The van der Waals surface area contributed by atoms with Crippen molar-refractivity contribution in [2.75, 3.05) is 6.61 Å². The standard InChI is InChI=1S/2C5H7O2.C3H7O.C2H5O.Ti/c2*1-4(6)3-5(2)7;1-3(2)4;1-2-3;/h2*3H,1-2H3;3H,1-2H3;2H2,1H3;/q4*-1;+4. The van der Waals surface area contributed by atoms with Crippen molar-refractivity contribution in [1.82, 2.24) is 0 Å². The van der Waals surface area contributed by atoms with Crippen molar-refractivity contribution in [1.29, 1.82) is 0 Å². The van der Waals surface area contributed by atoms with Crippen LogP contribution in [0.1, 0.15) is 48.5 Å². The zero-order valence-electron chi connectivity index (χ0n) is 14.4. The van der Waals surface area contributed by atoms with E-state index in [0.717, 1.165) is 12.8 Å². The summed E-state index contributed by atoms with van der Waals surface area (Å²) in [4.78, 5) is 39.9. The molecule has 0 spiro atoms. The van der Waals surface area contributed by atoms with E-state index in [-0.39, 0.29) is 51.5 Å². The van der Waals surface area contributed by atoms with E-state index in [9.17, 15) is 24.3 Å². The van der Waals surface area contributed by atoms with Crippen LogP contribution in [0.3, 0.4) is 0 Å². The third-order valence-corrected chi connectivity index (χ3v) is 0.813. The summed E-state index contributed by atoms with van der Waals surface area (Å²) < 4.78 is 0. The van der Waals surface area contributed by atoms with Crippen LogP contribution in [-0.4, -0.2) is 35.8 Å². The summed E-state index contributed by atoms with van der Waals surface area (Å²) in [5.41, 5.74) is 0. The number of carbonyl (C=O) groups is 4. The van der Waals surface area contributed by atoms with E-state index < -0.39 is 6.10 Å². The fourth-order valence-electron chi connectivity index (χ4n) is 0.572. The van der Waals surface area contributed by atoms with Gasteiger partial charge in [0.15, 0.2) is 0 Å². The van der Waals surface area contributed by atoms with E-state index in [4.69, 9.17) is 5.11 Å². The molecular weight excluding hydrogens is 324 g/mol. The Morgan fingerprint density at radius 1 is 0.818 bits per heavy atom. The molecule has 0 saturated heterocycles. The van der Waals surface area contributed by atoms with Crippen LogP contribution in [0, 0.1) is 12.8 Å². The molecule has 0 amide bonds. The third-order valence-electron chi connectivity index (χ3n) is 0.813. The van der Waals surface area contributed by atoms with Gasteiger partial charge >= 0.3 is 21.7 Å². The smallest absolute Gasteiger partial charge is 0.855 e. The first-order chi connectivity index (χ1) is 9.40. The van der Waals surface area contributed by atoms with Gasteiger partial charge < -0.3 is 29.4 Å². The number of carbonyl (C=O) groups excluding carboxylic acids is 4. The SMILES string of the molecule is CC(=O)[CH-]C(C)=O.CC(=O)[CH-]C(C)=O.CC(C)[O-].CC[O-].[Ti+4]. The van der Waals surface area contributed by atoms with Gasteiger partial charge in [-0.2, -0.15) is 0 Å². The largest absolute Gasteiger partial charge is 4.00 e. The van der Waals surface area contributed by atoms with E-state index >= 15 is 0 Å². The van der Waals surface area contributed by atoms with Gasteiger partial charge in [0.05, 0.1) is 0 Å². The zero-order valence-corrected chi connectivity index (χ0v) is 16.0. The fraction of sp³-hybridized carbons (Fsp3) is 0.600. The number of ketones is 4. The molecule has 0 atom stereocenters. The summed E-state index contributed by atoms with van der Waals surface area (Å²) >= 11 is 0. The van der Waals surface area contributed by atoms with Gasteiger partial charge in [0.25, 0.3) is 0 Å². The summed E-state index contributed by atoms with van der Waals surface area (Å²) in [5.74, 6) is -0.750. The second kappa shape index (κ2) is 25.0. The Hall–Kier alpha value is -0.946. The fourth-order valence-corrected chi connectivity index (χ4v) is 0.572. The van der Waals surface area contributed by atoms with Crippen molar-refractivity contribution in [2.24, 2.45) is 0 Å².